The summed E-state index contributed by atoms with van der Waals surface area (Å²) in [6, 6.07) is 9.46. The molecule has 0 spiro atoms. The van der Waals surface area contributed by atoms with Gasteiger partial charge in [0.25, 0.3) is 0 Å². The van der Waals surface area contributed by atoms with Crippen LogP contribution in [-0.4, -0.2) is 20.7 Å². The van der Waals surface area contributed by atoms with Crippen molar-refractivity contribution in [3.8, 4) is 17.3 Å². The molecule has 0 fully saturated rings. The Balaban J connectivity index is 0.000000196. The minimum atomic E-state index is -4.42. The molecule has 2 N–H and O–H groups in total. The standard InChI is InChI=1S/C13H12F3N3.C8H5FN2O/c14-13(15,16)12-7-9(4-5-17-12)11-8-10-3-1-2-6-19(10)18-11;9-7-2-5(4-10)1-6(3-7)8(11)12/h4-5,7-8H,1-3,6H2;1-3H,(H2,11,12). The second-order valence-electron chi connectivity index (χ2n) is 6.83. The van der Waals surface area contributed by atoms with Crippen molar-refractivity contribution in [1.29, 1.82) is 5.26 Å². The lowest BCUT2D eigenvalue weighted by Crippen LogP contribution is -2.11. The molecule has 0 saturated heterocycles. The molecule has 10 heteroatoms. The lowest BCUT2D eigenvalue weighted by molar-refractivity contribution is -0.141. The third-order valence-electron chi connectivity index (χ3n) is 4.57. The van der Waals surface area contributed by atoms with Gasteiger partial charge in [0.1, 0.15) is 11.5 Å². The number of primary amides is 1. The number of fused-ring (bicyclic) bond motifs is 1. The Hall–Kier alpha value is -3.74. The quantitative estimate of drug-likeness (QED) is 0.618. The van der Waals surface area contributed by atoms with E-state index < -0.39 is 23.6 Å². The second-order valence-corrected chi connectivity index (χ2v) is 6.83. The summed E-state index contributed by atoms with van der Waals surface area (Å²) in [5.74, 6) is -1.38. The third-order valence-corrected chi connectivity index (χ3v) is 4.57. The highest BCUT2D eigenvalue weighted by Crippen LogP contribution is 2.30. The molecule has 0 unspecified atom stereocenters. The van der Waals surface area contributed by atoms with Gasteiger partial charge in [0.2, 0.25) is 5.91 Å². The zero-order valence-electron chi connectivity index (χ0n) is 16.2. The minimum Gasteiger partial charge on any atom is -0.366 e. The number of amides is 1. The summed E-state index contributed by atoms with van der Waals surface area (Å²) >= 11 is 0. The number of nitrogens with zero attached hydrogens (tertiary/aromatic N) is 4. The van der Waals surface area contributed by atoms with Gasteiger partial charge in [0.05, 0.1) is 17.3 Å². The molecular weight excluding hydrogens is 414 g/mol. The van der Waals surface area contributed by atoms with Crippen molar-refractivity contribution in [1.82, 2.24) is 14.8 Å². The number of nitriles is 1. The maximum Gasteiger partial charge on any atom is 0.433 e. The fraction of sp³-hybridized carbons (Fsp3) is 0.238. The summed E-state index contributed by atoms with van der Waals surface area (Å²) in [7, 11) is 0. The highest BCUT2D eigenvalue weighted by molar-refractivity contribution is 5.93. The van der Waals surface area contributed by atoms with Crippen molar-refractivity contribution >= 4 is 5.91 Å². The van der Waals surface area contributed by atoms with Gasteiger partial charge in [-0.3, -0.25) is 14.5 Å². The summed E-state index contributed by atoms with van der Waals surface area (Å²) in [6.07, 6.45) is -0.135. The molecule has 31 heavy (non-hydrogen) atoms. The lowest BCUT2D eigenvalue weighted by Gasteiger charge is -2.11. The van der Waals surface area contributed by atoms with E-state index >= 15 is 0 Å². The number of hydrogen-bond donors (Lipinski definition) is 1. The molecule has 1 aromatic carbocycles. The average Bonchev–Trinajstić information content (AvgIpc) is 3.17. The van der Waals surface area contributed by atoms with Crippen LogP contribution in [0, 0.1) is 17.1 Å². The summed E-state index contributed by atoms with van der Waals surface area (Å²) in [6.45, 7) is 0.840. The summed E-state index contributed by atoms with van der Waals surface area (Å²) in [4.78, 5) is 13.9. The van der Waals surface area contributed by atoms with Crippen molar-refractivity contribution in [3.63, 3.8) is 0 Å². The predicted molar refractivity (Wildman–Crippen MR) is 103 cm³/mol. The van der Waals surface area contributed by atoms with Gasteiger partial charge in [-0.15, -0.1) is 0 Å². The topological polar surface area (TPSA) is 97.6 Å². The monoisotopic (exact) mass is 431 g/mol. The van der Waals surface area contributed by atoms with E-state index in [0.29, 0.717) is 11.3 Å². The Morgan fingerprint density at radius 1 is 1.16 bits per heavy atom. The first kappa shape index (κ1) is 22.0. The molecule has 1 amide bonds. The number of halogens is 4. The average molecular weight is 431 g/mol. The molecule has 6 nitrogen and oxygen atoms in total. The summed E-state index contributed by atoms with van der Waals surface area (Å²) in [5.41, 5.74) is 6.24. The van der Waals surface area contributed by atoms with Crippen molar-refractivity contribution in [2.24, 2.45) is 5.73 Å². The Morgan fingerprint density at radius 3 is 2.58 bits per heavy atom. The maximum absolute atomic E-state index is 12.6. The fourth-order valence-electron chi connectivity index (χ4n) is 3.10. The SMILES string of the molecule is FC(F)(F)c1cc(-c2cc3n(n2)CCCC3)ccn1.N#Cc1cc(F)cc(C(N)=O)c1. The molecule has 0 bridgehead atoms. The molecule has 3 heterocycles. The largest absolute Gasteiger partial charge is 0.433 e. The Kier molecular flexibility index (Phi) is 6.34. The highest BCUT2D eigenvalue weighted by atomic mass is 19.4. The van der Waals surface area contributed by atoms with Gasteiger partial charge in [-0.25, -0.2) is 4.39 Å². The van der Waals surface area contributed by atoms with Gasteiger partial charge < -0.3 is 5.73 Å². The molecule has 0 atom stereocenters. The van der Waals surface area contributed by atoms with Gasteiger partial charge >= 0.3 is 6.18 Å². The van der Waals surface area contributed by atoms with E-state index in [2.05, 4.69) is 10.1 Å². The number of aryl methyl sites for hydroxylation is 2. The van der Waals surface area contributed by atoms with Crippen LogP contribution in [0.4, 0.5) is 17.6 Å². The Labute approximate surface area is 174 Å². The summed E-state index contributed by atoms with van der Waals surface area (Å²) < 4.78 is 52.4. The van der Waals surface area contributed by atoms with Crippen LogP contribution in [0.15, 0.2) is 42.6 Å². The molecule has 160 valence electrons. The van der Waals surface area contributed by atoms with E-state index in [-0.39, 0.29) is 11.1 Å². The van der Waals surface area contributed by atoms with Gasteiger partial charge in [-0.1, -0.05) is 0 Å². The second kappa shape index (κ2) is 8.95. The number of carbonyl (C=O) groups is 1. The maximum atomic E-state index is 12.6. The molecule has 0 saturated carbocycles. The van der Waals surface area contributed by atoms with Crippen molar-refractivity contribution < 1.29 is 22.4 Å². The molecule has 0 aliphatic carbocycles. The van der Waals surface area contributed by atoms with E-state index in [1.807, 2.05) is 10.7 Å². The number of carbonyl (C=O) groups excluding carboxylic acids is 1. The number of rotatable bonds is 2. The van der Waals surface area contributed by atoms with Gasteiger partial charge in [-0.05, 0) is 55.7 Å². The fourth-order valence-corrected chi connectivity index (χ4v) is 3.10. The smallest absolute Gasteiger partial charge is 0.366 e. The number of aromatic nitrogens is 3. The predicted octanol–water partition coefficient (Wildman–Crippen LogP) is 4.10. The Bertz CT molecular complexity index is 1120. The number of pyridine rings is 1. The Morgan fingerprint density at radius 2 is 1.94 bits per heavy atom. The van der Waals surface area contributed by atoms with Crippen LogP contribution in [0.2, 0.25) is 0 Å². The zero-order valence-corrected chi connectivity index (χ0v) is 16.2. The van der Waals surface area contributed by atoms with Crippen LogP contribution in [0.3, 0.4) is 0 Å². The van der Waals surface area contributed by atoms with E-state index in [1.54, 1.807) is 12.1 Å². The van der Waals surface area contributed by atoms with Gasteiger partial charge in [0, 0.05) is 29.6 Å². The first-order valence-corrected chi connectivity index (χ1v) is 9.28. The molecule has 3 aromatic rings. The van der Waals surface area contributed by atoms with Crippen LogP contribution in [0.25, 0.3) is 11.3 Å². The van der Waals surface area contributed by atoms with E-state index in [0.717, 1.165) is 49.7 Å². The number of alkyl halides is 3. The summed E-state index contributed by atoms with van der Waals surface area (Å²) in [5, 5.41) is 12.8. The van der Waals surface area contributed by atoms with Gasteiger partial charge in [0.15, 0.2) is 0 Å². The van der Waals surface area contributed by atoms with Crippen LogP contribution in [0.5, 0.6) is 0 Å². The van der Waals surface area contributed by atoms with E-state index in [9.17, 15) is 22.4 Å². The molecule has 2 aromatic heterocycles. The zero-order chi connectivity index (χ0) is 22.6. The van der Waals surface area contributed by atoms with E-state index in [4.69, 9.17) is 11.0 Å². The molecular formula is C21H17F4N5O. The van der Waals surface area contributed by atoms with Crippen molar-refractivity contribution in [3.05, 3.63) is 70.9 Å². The minimum absolute atomic E-state index is 0.00606. The molecule has 0 radical (unpaired) electrons. The normalized spacial score (nSPS) is 12.9. The van der Waals surface area contributed by atoms with Crippen LogP contribution < -0.4 is 5.73 Å². The first-order valence-electron chi connectivity index (χ1n) is 9.28. The highest BCUT2D eigenvalue weighted by Gasteiger charge is 2.32. The molecule has 4 rings (SSSR count). The number of benzene rings is 1. The van der Waals surface area contributed by atoms with Crippen LogP contribution in [-0.2, 0) is 19.1 Å². The van der Waals surface area contributed by atoms with Crippen LogP contribution in [0.1, 0.15) is 40.2 Å². The van der Waals surface area contributed by atoms with Crippen molar-refractivity contribution in [2.45, 2.75) is 32.0 Å². The number of nitrogens with two attached hydrogens (primary N) is 1. The number of hydrogen-bond acceptors (Lipinski definition) is 4. The van der Waals surface area contributed by atoms with Crippen molar-refractivity contribution in [2.75, 3.05) is 0 Å². The van der Waals surface area contributed by atoms with Crippen LogP contribution >= 0.6 is 0 Å². The lowest BCUT2D eigenvalue weighted by atomic mass is 10.1. The first-order chi connectivity index (χ1) is 14.7. The van der Waals surface area contributed by atoms with Gasteiger partial charge in [-0.2, -0.15) is 23.5 Å². The third kappa shape index (κ3) is 5.45. The molecule has 1 aliphatic rings. The van der Waals surface area contributed by atoms with E-state index in [1.165, 1.54) is 12.3 Å². The molecule has 1 aliphatic heterocycles.